The Labute approximate surface area is 108 Å². The predicted molar refractivity (Wildman–Crippen MR) is 68.4 cm³/mol. The van der Waals surface area contributed by atoms with Crippen molar-refractivity contribution in [3.8, 4) is 5.88 Å². The number of amides is 1. The second-order valence-electron chi connectivity index (χ2n) is 4.80. The zero-order valence-corrected chi connectivity index (χ0v) is 10.4. The fourth-order valence-electron chi connectivity index (χ4n) is 1.91. The average Bonchev–Trinajstić information content (AvgIpc) is 3.12. The van der Waals surface area contributed by atoms with Gasteiger partial charge in [0.25, 0.3) is 11.5 Å². The summed E-state index contributed by atoms with van der Waals surface area (Å²) in [5.41, 5.74) is 0.390. The second-order valence-corrected chi connectivity index (χ2v) is 4.80. The van der Waals surface area contributed by atoms with Crippen LogP contribution in [0.3, 0.4) is 0 Å². The van der Waals surface area contributed by atoms with Crippen LogP contribution in [0.25, 0.3) is 5.65 Å². The topological polar surface area (TPSA) is 83.7 Å². The van der Waals surface area contributed by atoms with Gasteiger partial charge in [-0.15, -0.1) is 0 Å². The maximum Gasteiger partial charge on any atom is 0.274 e. The highest BCUT2D eigenvalue weighted by atomic mass is 16.3. The van der Waals surface area contributed by atoms with Crippen molar-refractivity contribution in [3.63, 3.8) is 0 Å². The van der Waals surface area contributed by atoms with Gasteiger partial charge >= 0.3 is 0 Å². The van der Waals surface area contributed by atoms with Crippen LogP contribution in [-0.4, -0.2) is 26.4 Å². The number of fused-ring (bicyclic) bond motifs is 1. The molecule has 1 aliphatic rings. The molecule has 2 heterocycles. The van der Waals surface area contributed by atoms with Gasteiger partial charge in [0, 0.05) is 12.2 Å². The molecule has 98 valence electrons. The molecule has 0 bridgehead atoms. The number of pyridine rings is 1. The number of aryl methyl sites for hydroxylation is 1. The minimum absolute atomic E-state index is 0.116. The number of nitrogens with zero attached hydrogens (tertiary/aromatic N) is 2. The van der Waals surface area contributed by atoms with Crippen molar-refractivity contribution in [3.05, 3.63) is 39.8 Å². The summed E-state index contributed by atoms with van der Waals surface area (Å²) in [6.45, 7) is 1.86. The Morgan fingerprint density at radius 3 is 2.95 bits per heavy atom. The number of hydrogen-bond acceptors (Lipinski definition) is 4. The highest BCUT2D eigenvalue weighted by Crippen LogP contribution is 2.20. The molecular weight excluding hydrogens is 246 g/mol. The second kappa shape index (κ2) is 4.08. The number of carbonyl (C=O) groups is 1. The average molecular weight is 259 g/mol. The molecule has 6 nitrogen and oxygen atoms in total. The Bertz CT molecular complexity index is 732. The molecule has 3 rings (SSSR count). The molecule has 0 saturated heterocycles. The predicted octanol–water partition coefficient (Wildman–Crippen LogP) is 0.601. The van der Waals surface area contributed by atoms with Crippen molar-refractivity contribution >= 4 is 11.6 Å². The quantitative estimate of drug-likeness (QED) is 0.827. The van der Waals surface area contributed by atoms with Gasteiger partial charge in [-0.05, 0) is 37.5 Å². The van der Waals surface area contributed by atoms with Gasteiger partial charge in [-0.3, -0.25) is 14.0 Å². The summed E-state index contributed by atoms with van der Waals surface area (Å²) in [7, 11) is 0. The molecule has 1 aliphatic carbocycles. The van der Waals surface area contributed by atoms with Crippen molar-refractivity contribution in [1.82, 2.24) is 14.7 Å². The summed E-state index contributed by atoms with van der Waals surface area (Å²) in [5, 5.41) is 12.5. The SMILES string of the molecule is Cc1ccn2c(=O)c(C(=O)NC3CC3)c(O)nc2c1. The minimum atomic E-state index is -0.563. The van der Waals surface area contributed by atoms with E-state index in [1.54, 1.807) is 18.3 Å². The first-order valence-electron chi connectivity index (χ1n) is 6.09. The van der Waals surface area contributed by atoms with Crippen LogP contribution >= 0.6 is 0 Å². The van der Waals surface area contributed by atoms with E-state index in [2.05, 4.69) is 10.3 Å². The van der Waals surface area contributed by atoms with Crippen molar-refractivity contribution in [2.75, 3.05) is 0 Å². The fraction of sp³-hybridized carbons (Fsp3) is 0.308. The molecule has 0 aromatic carbocycles. The van der Waals surface area contributed by atoms with Crippen LogP contribution in [0.5, 0.6) is 5.88 Å². The molecule has 0 spiro atoms. The van der Waals surface area contributed by atoms with Crippen LogP contribution < -0.4 is 10.9 Å². The molecule has 1 saturated carbocycles. The van der Waals surface area contributed by atoms with E-state index < -0.39 is 17.3 Å². The Morgan fingerprint density at radius 1 is 1.53 bits per heavy atom. The normalized spacial score (nSPS) is 14.6. The third kappa shape index (κ3) is 2.05. The Balaban J connectivity index is 2.16. The summed E-state index contributed by atoms with van der Waals surface area (Å²) < 4.78 is 1.26. The van der Waals surface area contributed by atoms with Crippen LogP contribution in [0.4, 0.5) is 0 Å². The molecule has 1 amide bonds. The summed E-state index contributed by atoms with van der Waals surface area (Å²) in [5.74, 6) is -1.08. The number of nitrogens with one attached hydrogen (secondary N) is 1. The van der Waals surface area contributed by atoms with Crippen molar-refractivity contribution < 1.29 is 9.90 Å². The zero-order chi connectivity index (χ0) is 13.6. The summed E-state index contributed by atoms with van der Waals surface area (Å²) in [6, 6.07) is 3.53. The van der Waals surface area contributed by atoms with Gasteiger partial charge in [0.15, 0.2) is 5.56 Å². The van der Waals surface area contributed by atoms with Crippen LogP contribution in [0.1, 0.15) is 28.8 Å². The molecule has 0 unspecified atom stereocenters. The number of hydrogen-bond donors (Lipinski definition) is 2. The number of aromatic hydroxyl groups is 1. The Morgan fingerprint density at radius 2 is 2.26 bits per heavy atom. The van der Waals surface area contributed by atoms with Crippen LogP contribution in [-0.2, 0) is 0 Å². The third-order valence-corrected chi connectivity index (χ3v) is 3.11. The van der Waals surface area contributed by atoms with Crippen molar-refractivity contribution in [1.29, 1.82) is 0 Å². The van der Waals surface area contributed by atoms with Gasteiger partial charge in [-0.2, -0.15) is 4.98 Å². The zero-order valence-electron chi connectivity index (χ0n) is 10.4. The fourth-order valence-corrected chi connectivity index (χ4v) is 1.91. The van der Waals surface area contributed by atoms with Crippen LogP contribution in [0.2, 0.25) is 0 Å². The van der Waals surface area contributed by atoms with Crippen molar-refractivity contribution in [2.24, 2.45) is 0 Å². The van der Waals surface area contributed by atoms with Gasteiger partial charge in [-0.25, -0.2) is 0 Å². The molecule has 2 aromatic heterocycles. The molecular formula is C13H13N3O3. The first-order valence-corrected chi connectivity index (χ1v) is 6.09. The van der Waals surface area contributed by atoms with E-state index in [9.17, 15) is 14.7 Å². The molecule has 2 aromatic rings. The number of carbonyl (C=O) groups excluding carboxylic acids is 1. The lowest BCUT2D eigenvalue weighted by Crippen LogP contribution is -2.33. The van der Waals surface area contributed by atoms with E-state index in [0.29, 0.717) is 5.65 Å². The highest BCUT2D eigenvalue weighted by Gasteiger charge is 2.27. The van der Waals surface area contributed by atoms with Gasteiger partial charge in [0.1, 0.15) is 5.65 Å². The number of rotatable bonds is 2. The van der Waals surface area contributed by atoms with Gasteiger partial charge in [0.05, 0.1) is 0 Å². The summed E-state index contributed by atoms with van der Waals surface area (Å²) in [4.78, 5) is 28.0. The lowest BCUT2D eigenvalue weighted by molar-refractivity contribution is 0.0946. The maximum absolute atomic E-state index is 12.2. The van der Waals surface area contributed by atoms with E-state index in [-0.39, 0.29) is 11.6 Å². The minimum Gasteiger partial charge on any atom is -0.493 e. The standard InChI is InChI=1S/C13H13N3O3/c1-7-4-5-16-9(6-7)15-12(18)10(13(16)19)11(17)14-8-2-3-8/h4-6,8,18H,2-3H2,1H3,(H,14,17). The molecule has 6 heteroatoms. The molecule has 0 radical (unpaired) electrons. The maximum atomic E-state index is 12.2. The first kappa shape index (κ1) is 11.7. The lowest BCUT2D eigenvalue weighted by Gasteiger charge is -2.07. The lowest BCUT2D eigenvalue weighted by atomic mass is 10.2. The van der Waals surface area contributed by atoms with E-state index >= 15 is 0 Å². The monoisotopic (exact) mass is 259 g/mol. The van der Waals surface area contributed by atoms with Crippen LogP contribution in [0, 0.1) is 6.92 Å². The Hall–Kier alpha value is -2.37. The van der Waals surface area contributed by atoms with E-state index in [1.807, 2.05) is 6.92 Å². The van der Waals surface area contributed by atoms with Gasteiger partial charge in [0.2, 0.25) is 5.88 Å². The van der Waals surface area contributed by atoms with Crippen molar-refractivity contribution in [2.45, 2.75) is 25.8 Å². The van der Waals surface area contributed by atoms with E-state index in [4.69, 9.17) is 0 Å². The largest absolute Gasteiger partial charge is 0.493 e. The summed E-state index contributed by atoms with van der Waals surface area (Å²) in [6.07, 6.45) is 3.37. The smallest absolute Gasteiger partial charge is 0.274 e. The molecule has 19 heavy (non-hydrogen) atoms. The van der Waals surface area contributed by atoms with Gasteiger partial charge in [-0.1, -0.05) is 0 Å². The molecule has 0 aliphatic heterocycles. The molecule has 1 fully saturated rings. The first-order chi connectivity index (χ1) is 9.06. The number of aromatic nitrogens is 2. The molecule has 0 atom stereocenters. The highest BCUT2D eigenvalue weighted by molar-refractivity contribution is 5.96. The van der Waals surface area contributed by atoms with Crippen LogP contribution in [0.15, 0.2) is 23.1 Å². The summed E-state index contributed by atoms with van der Waals surface area (Å²) >= 11 is 0. The Kier molecular flexibility index (Phi) is 2.51. The van der Waals surface area contributed by atoms with E-state index in [0.717, 1.165) is 18.4 Å². The molecule has 2 N–H and O–H groups in total. The third-order valence-electron chi connectivity index (χ3n) is 3.11. The van der Waals surface area contributed by atoms with E-state index in [1.165, 1.54) is 4.40 Å². The van der Waals surface area contributed by atoms with Gasteiger partial charge < -0.3 is 10.4 Å².